The fourth-order valence-electron chi connectivity index (χ4n) is 3.84. The maximum absolute atomic E-state index is 14.7. The Morgan fingerprint density at radius 3 is 2.53 bits per heavy atom. The first-order valence-electron chi connectivity index (χ1n) is 10.1. The van der Waals surface area contributed by atoms with Crippen molar-refractivity contribution in [3.05, 3.63) is 98.7 Å². The highest BCUT2D eigenvalue weighted by molar-refractivity contribution is 6.07. The minimum Gasteiger partial charge on any atom is -0.348 e. The van der Waals surface area contributed by atoms with Crippen molar-refractivity contribution >= 4 is 16.7 Å². The van der Waals surface area contributed by atoms with Gasteiger partial charge < -0.3 is 9.88 Å². The van der Waals surface area contributed by atoms with Gasteiger partial charge in [-0.3, -0.25) is 14.3 Å². The monoisotopic (exact) mass is 436 g/mol. The van der Waals surface area contributed by atoms with Crippen LogP contribution < -0.4 is 10.9 Å². The van der Waals surface area contributed by atoms with Crippen LogP contribution in [0.25, 0.3) is 10.8 Å². The molecule has 2 aromatic heterocycles. The van der Waals surface area contributed by atoms with Crippen LogP contribution in [0.4, 0.5) is 8.78 Å². The van der Waals surface area contributed by atoms with Crippen LogP contribution in [-0.2, 0) is 20.1 Å². The lowest BCUT2D eigenvalue weighted by atomic mass is 10.0. The number of carbonyl (C=O) groups is 1. The fraction of sp³-hybridized carbons (Fsp3) is 0.208. The minimum absolute atomic E-state index is 0.0887. The SMILES string of the molecule is Cc1cc(Cn2c(C)c(C(=O)NCc3cccc(F)c3)c3cccc(F)c3c2=O)nn1C. The number of benzene rings is 2. The number of nitrogens with one attached hydrogen (secondary N) is 1. The third kappa shape index (κ3) is 3.91. The van der Waals surface area contributed by atoms with Crippen LogP contribution in [0.15, 0.2) is 53.3 Å². The van der Waals surface area contributed by atoms with Crippen molar-refractivity contribution in [3.63, 3.8) is 0 Å². The molecule has 2 heterocycles. The van der Waals surface area contributed by atoms with E-state index in [0.29, 0.717) is 17.0 Å². The number of rotatable bonds is 5. The highest BCUT2D eigenvalue weighted by Gasteiger charge is 2.22. The molecule has 4 aromatic rings. The Bertz CT molecular complexity index is 1390. The maximum atomic E-state index is 14.7. The molecular weight excluding hydrogens is 414 g/mol. The summed E-state index contributed by atoms with van der Waals surface area (Å²) in [5, 5.41) is 7.21. The number of nitrogens with zero attached hydrogens (tertiary/aromatic N) is 3. The number of carbonyl (C=O) groups excluding carboxylic acids is 1. The summed E-state index contributed by atoms with van der Waals surface area (Å²) in [6.07, 6.45) is 0. The standard InChI is InChI=1S/C24H22F2N4O2/c1-14-10-18(28-29(14)3)13-30-15(2)21(19-8-5-9-20(26)22(19)24(30)32)23(31)27-12-16-6-4-7-17(25)11-16/h4-11H,12-13H2,1-3H3,(H,27,31). The van der Waals surface area contributed by atoms with Crippen molar-refractivity contribution < 1.29 is 13.6 Å². The van der Waals surface area contributed by atoms with Gasteiger partial charge in [-0.1, -0.05) is 24.3 Å². The number of halogens is 2. The van der Waals surface area contributed by atoms with Crippen molar-refractivity contribution in [2.24, 2.45) is 7.05 Å². The first kappa shape index (κ1) is 21.4. The lowest BCUT2D eigenvalue weighted by molar-refractivity contribution is 0.0951. The highest BCUT2D eigenvalue weighted by atomic mass is 19.1. The topological polar surface area (TPSA) is 68.9 Å². The van der Waals surface area contributed by atoms with Crippen molar-refractivity contribution in [1.29, 1.82) is 0 Å². The van der Waals surface area contributed by atoms with Crippen LogP contribution in [0.2, 0.25) is 0 Å². The summed E-state index contributed by atoms with van der Waals surface area (Å²) in [5.41, 5.74) is 2.18. The van der Waals surface area contributed by atoms with Gasteiger partial charge in [0.25, 0.3) is 11.5 Å². The number of aryl methyl sites for hydroxylation is 2. The number of hydrogen-bond donors (Lipinski definition) is 1. The molecule has 0 unspecified atom stereocenters. The molecule has 8 heteroatoms. The molecule has 0 fully saturated rings. The third-order valence-electron chi connectivity index (χ3n) is 5.56. The lowest BCUT2D eigenvalue weighted by Crippen LogP contribution is -2.31. The molecule has 0 aliphatic carbocycles. The summed E-state index contributed by atoms with van der Waals surface area (Å²) < 4.78 is 31.2. The number of amides is 1. The van der Waals surface area contributed by atoms with Gasteiger partial charge in [-0.15, -0.1) is 0 Å². The first-order valence-corrected chi connectivity index (χ1v) is 10.1. The molecule has 32 heavy (non-hydrogen) atoms. The average molecular weight is 436 g/mol. The van der Waals surface area contributed by atoms with Gasteiger partial charge in [0, 0.05) is 30.4 Å². The Kier molecular flexibility index (Phi) is 5.61. The number of pyridine rings is 1. The Balaban J connectivity index is 1.80. The maximum Gasteiger partial charge on any atom is 0.262 e. The van der Waals surface area contributed by atoms with Gasteiger partial charge >= 0.3 is 0 Å². The molecule has 0 spiro atoms. The normalized spacial score (nSPS) is 11.2. The Morgan fingerprint density at radius 1 is 1.09 bits per heavy atom. The minimum atomic E-state index is -0.697. The van der Waals surface area contributed by atoms with Gasteiger partial charge in [0.15, 0.2) is 0 Å². The molecular formula is C24H22F2N4O2. The van der Waals surface area contributed by atoms with E-state index < -0.39 is 23.1 Å². The van der Waals surface area contributed by atoms with Crippen LogP contribution in [0.5, 0.6) is 0 Å². The summed E-state index contributed by atoms with van der Waals surface area (Å²) in [6.45, 7) is 3.72. The van der Waals surface area contributed by atoms with Crippen LogP contribution in [0, 0.1) is 25.5 Å². The van der Waals surface area contributed by atoms with Gasteiger partial charge in [0.05, 0.1) is 23.2 Å². The molecule has 6 nitrogen and oxygen atoms in total. The van der Waals surface area contributed by atoms with Crippen molar-refractivity contribution in [1.82, 2.24) is 19.7 Å². The molecule has 2 aromatic carbocycles. The first-order chi connectivity index (χ1) is 15.3. The Hall–Kier alpha value is -3.81. The predicted octanol–water partition coefficient (Wildman–Crippen LogP) is 3.61. The number of fused-ring (bicyclic) bond motifs is 1. The van der Waals surface area contributed by atoms with Crippen LogP contribution in [0.3, 0.4) is 0 Å². The molecule has 1 N–H and O–H groups in total. The molecule has 0 atom stereocenters. The molecule has 0 saturated carbocycles. The van der Waals surface area contributed by atoms with Crippen LogP contribution >= 0.6 is 0 Å². The van der Waals surface area contributed by atoms with E-state index in [1.165, 1.54) is 28.8 Å². The zero-order valence-electron chi connectivity index (χ0n) is 17.9. The molecule has 0 aliphatic heterocycles. The van der Waals surface area contributed by atoms with E-state index in [1.807, 2.05) is 13.0 Å². The summed E-state index contributed by atoms with van der Waals surface area (Å²) >= 11 is 0. The molecule has 0 bridgehead atoms. The number of hydrogen-bond acceptors (Lipinski definition) is 3. The van der Waals surface area contributed by atoms with Crippen molar-refractivity contribution in [3.8, 4) is 0 Å². The zero-order chi connectivity index (χ0) is 23.0. The zero-order valence-corrected chi connectivity index (χ0v) is 17.9. The molecule has 1 amide bonds. The summed E-state index contributed by atoms with van der Waals surface area (Å²) in [4.78, 5) is 26.3. The molecule has 0 radical (unpaired) electrons. The molecule has 164 valence electrons. The molecule has 4 rings (SSSR count). The van der Waals surface area contributed by atoms with Gasteiger partial charge in [0.1, 0.15) is 11.6 Å². The lowest BCUT2D eigenvalue weighted by Gasteiger charge is -2.17. The van der Waals surface area contributed by atoms with E-state index in [4.69, 9.17) is 0 Å². The smallest absolute Gasteiger partial charge is 0.262 e. The summed E-state index contributed by atoms with van der Waals surface area (Å²) in [7, 11) is 1.79. The third-order valence-corrected chi connectivity index (χ3v) is 5.56. The second kappa shape index (κ2) is 8.37. The second-order valence-corrected chi connectivity index (χ2v) is 7.73. The van der Waals surface area contributed by atoms with Gasteiger partial charge in [-0.05, 0) is 43.7 Å². The quantitative estimate of drug-likeness (QED) is 0.520. The fourth-order valence-corrected chi connectivity index (χ4v) is 3.84. The summed E-state index contributed by atoms with van der Waals surface area (Å²) in [6, 6.07) is 12.0. The second-order valence-electron chi connectivity index (χ2n) is 7.73. The number of aromatic nitrogens is 3. The van der Waals surface area contributed by atoms with Gasteiger partial charge in [-0.2, -0.15) is 5.10 Å². The van der Waals surface area contributed by atoms with E-state index in [9.17, 15) is 18.4 Å². The predicted molar refractivity (Wildman–Crippen MR) is 118 cm³/mol. The van der Waals surface area contributed by atoms with E-state index in [0.717, 1.165) is 5.69 Å². The van der Waals surface area contributed by atoms with E-state index in [2.05, 4.69) is 10.4 Å². The van der Waals surface area contributed by atoms with Crippen molar-refractivity contribution in [2.45, 2.75) is 26.9 Å². The van der Waals surface area contributed by atoms with Crippen LogP contribution in [-0.4, -0.2) is 20.3 Å². The van der Waals surface area contributed by atoms with Crippen LogP contribution in [0.1, 0.15) is 33.0 Å². The van der Waals surface area contributed by atoms with E-state index in [-0.39, 0.29) is 29.4 Å². The highest BCUT2D eigenvalue weighted by Crippen LogP contribution is 2.22. The molecule has 0 saturated heterocycles. The van der Waals surface area contributed by atoms with E-state index in [1.54, 1.807) is 36.9 Å². The van der Waals surface area contributed by atoms with Crippen molar-refractivity contribution in [2.75, 3.05) is 0 Å². The average Bonchev–Trinajstić information content (AvgIpc) is 3.06. The Morgan fingerprint density at radius 2 is 1.84 bits per heavy atom. The largest absolute Gasteiger partial charge is 0.348 e. The molecule has 0 aliphatic rings. The summed E-state index contributed by atoms with van der Waals surface area (Å²) in [5.74, 6) is -1.58. The Labute approximate surface area is 183 Å². The van der Waals surface area contributed by atoms with E-state index >= 15 is 0 Å². The van der Waals surface area contributed by atoms with Gasteiger partial charge in [0.2, 0.25) is 0 Å². The van der Waals surface area contributed by atoms with Gasteiger partial charge in [-0.25, -0.2) is 8.78 Å².